The predicted octanol–water partition coefficient (Wildman–Crippen LogP) is 8.12. The van der Waals surface area contributed by atoms with Crippen molar-refractivity contribution in [3.05, 3.63) is 55.0 Å². The molecule has 35 heavy (non-hydrogen) atoms. The molecule has 1 N–H and O–H groups in total. The summed E-state index contributed by atoms with van der Waals surface area (Å²) in [4.78, 5) is 2.79. The molecule has 1 saturated heterocycles. The molecule has 196 valence electrons. The Morgan fingerprint density at radius 1 is 1.03 bits per heavy atom. The Morgan fingerprint density at radius 3 is 2.09 bits per heavy atom. The Bertz CT molecular complexity index is 887. The first kappa shape index (κ1) is 31.2. The summed E-state index contributed by atoms with van der Waals surface area (Å²) >= 11 is -0.556. The summed E-state index contributed by atoms with van der Waals surface area (Å²) in [6, 6.07) is 7.68. The molecule has 1 aliphatic heterocycles. The molecule has 6 heteroatoms. The average Bonchev–Trinajstić information content (AvgIpc) is 3.45. The van der Waals surface area contributed by atoms with Gasteiger partial charge in [-0.2, -0.15) is 0 Å². The molecule has 1 aromatic rings. The Balaban J connectivity index is 0.00000103. The predicted molar refractivity (Wildman–Crippen MR) is 154 cm³/mol. The van der Waals surface area contributed by atoms with E-state index in [4.69, 9.17) is 18.6 Å². The van der Waals surface area contributed by atoms with Gasteiger partial charge in [-0.1, -0.05) is 88.7 Å². The van der Waals surface area contributed by atoms with Crippen molar-refractivity contribution >= 4 is 31.9 Å². The van der Waals surface area contributed by atoms with Crippen molar-refractivity contribution in [2.24, 2.45) is 11.8 Å². The molecule has 4 unspecified atom stereocenters. The van der Waals surface area contributed by atoms with Gasteiger partial charge in [0.05, 0.1) is 8.07 Å². The minimum atomic E-state index is -1.94. The van der Waals surface area contributed by atoms with E-state index >= 15 is 0 Å². The van der Waals surface area contributed by atoms with Crippen molar-refractivity contribution in [3.63, 3.8) is 0 Å². The van der Waals surface area contributed by atoms with Crippen molar-refractivity contribution in [2.75, 3.05) is 13.1 Å². The fourth-order valence-corrected chi connectivity index (χ4v) is 12.7. The van der Waals surface area contributed by atoms with Gasteiger partial charge in [-0.3, -0.25) is 4.90 Å². The number of phenols is 1. The number of hydrogen-bond acceptors (Lipinski definition) is 2. The molecule has 2 aliphatic carbocycles. The number of phenolic OH excluding ortho intramolecular Hbond substituents is 1. The number of aryl methyl sites for hydroxylation is 1. The van der Waals surface area contributed by atoms with Crippen LogP contribution in [0.15, 0.2) is 36.4 Å². The third-order valence-electron chi connectivity index (χ3n) is 8.81. The molecule has 1 aromatic carbocycles. The number of fused-ring (bicyclic) bond motifs is 1. The van der Waals surface area contributed by atoms with E-state index in [0.29, 0.717) is 29.2 Å². The Kier molecular flexibility index (Phi) is 11.7. The summed E-state index contributed by atoms with van der Waals surface area (Å²) < 4.78 is 0. The summed E-state index contributed by atoms with van der Waals surface area (Å²) in [5.41, 5.74) is 3.09. The van der Waals surface area contributed by atoms with Gasteiger partial charge in [0.2, 0.25) is 0 Å². The second kappa shape index (κ2) is 13.2. The van der Waals surface area contributed by atoms with Crippen molar-refractivity contribution in [3.8, 4) is 5.75 Å². The quantitative estimate of drug-likeness (QED) is 0.285. The summed E-state index contributed by atoms with van der Waals surface area (Å²) in [6.07, 6.45) is 13.6. The van der Waals surface area contributed by atoms with Crippen molar-refractivity contribution in [1.29, 1.82) is 0 Å². The van der Waals surface area contributed by atoms with Crippen LogP contribution >= 0.6 is 18.6 Å². The van der Waals surface area contributed by atoms with Crippen molar-refractivity contribution in [2.45, 2.75) is 89.9 Å². The maximum atomic E-state index is 11.7. The molecule has 2 nitrogen and oxygen atoms in total. The van der Waals surface area contributed by atoms with E-state index in [9.17, 15) is 5.11 Å². The first-order chi connectivity index (χ1) is 16.1. The van der Waals surface area contributed by atoms with E-state index in [-0.39, 0.29) is 12.8 Å². The van der Waals surface area contributed by atoms with Gasteiger partial charge < -0.3 is 12.5 Å². The molecular weight excluding hydrogens is 525 g/mol. The Hall–Kier alpha value is -0.0288. The third kappa shape index (κ3) is 6.35. The van der Waals surface area contributed by atoms with E-state index < -0.39 is 25.1 Å². The van der Waals surface area contributed by atoms with Crippen LogP contribution in [0.2, 0.25) is 17.6 Å². The fraction of sp³-hybridized carbons (Fsp3) is 0.621. The molecule has 1 saturated carbocycles. The summed E-state index contributed by atoms with van der Waals surface area (Å²) in [7, 11) is 7.84. The Labute approximate surface area is 233 Å². The summed E-state index contributed by atoms with van der Waals surface area (Å²) in [5.74, 6) is 1.89. The van der Waals surface area contributed by atoms with E-state index in [1.807, 2.05) is 0 Å². The maximum absolute atomic E-state index is 11.7. The molecule has 2 fully saturated rings. The van der Waals surface area contributed by atoms with Gasteiger partial charge in [0, 0.05) is 6.04 Å². The molecular formula is C29H46Cl2NOSiTi-. The first-order valence-corrected chi connectivity index (χ1v) is 19.8. The minimum absolute atomic E-state index is 0. The SMILES string of the molecule is CC[Si](CC)(c1cc(C)cc(C(C)(C)C)c1O)C1CC(N2CCCC2)C2C=CC=CC21.[CH3-].[Cl][Ti][Cl]. The van der Waals surface area contributed by atoms with Gasteiger partial charge in [0.1, 0.15) is 5.75 Å². The Morgan fingerprint density at radius 2 is 1.57 bits per heavy atom. The van der Waals surface area contributed by atoms with Crippen LogP contribution in [0.1, 0.15) is 65.0 Å². The standard InChI is InChI=1S/C28H43NOSi.CH3.2ClH.Ti/c1-7-31(8-2,26-18-20(3)17-23(27(26)30)28(4,5)6)25-19-24(29-15-11-12-16-29)21-13-9-10-14-22(21)25;;;;/h9-10,13-14,17-18,21-22,24-25,30H,7-8,11-12,15-16,19H2,1-6H3;1H3;2*1H;/q;-1;;;+2/p-2. The van der Waals surface area contributed by atoms with Gasteiger partial charge in [-0.15, -0.1) is 0 Å². The van der Waals surface area contributed by atoms with E-state index in [1.165, 1.54) is 55.2 Å². The number of halogens is 2. The average molecular weight is 572 g/mol. The topological polar surface area (TPSA) is 23.5 Å². The number of rotatable bonds is 5. The van der Waals surface area contributed by atoms with Crippen LogP contribution in [0.5, 0.6) is 5.75 Å². The molecule has 4 rings (SSSR count). The number of nitrogens with zero attached hydrogens (tertiary/aromatic N) is 1. The number of aromatic hydroxyl groups is 1. The van der Waals surface area contributed by atoms with E-state index in [2.05, 4.69) is 82.9 Å². The normalized spacial score (nSPS) is 26.1. The number of benzene rings is 1. The van der Waals surface area contributed by atoms with Crippen LogP contribution in [0.25, 0.3) is 0 Å². The second-order valence-electron chi connectivity index (χ2n) is 11.5. The first-order valence-electron chi connectivity index (χ1n) is 13.0. The monoisotopic (exact) mass is 570 g/mol. The van der Waals surface area contributed by atoms with E-state index in [1.54, 1.807) is 0 Å². The van der Waals surface area contributed by atoms with Gasteiger partial charge in [0.15, 0.2) is 0 Å². The van der Waals surface area contributed by atoms with Gasteiger partial charge in [0.25, 0.3) is 0 Å². The zero-order valence-corrected chi connectivity index (χ0v) is 26.9. The van der Waals surface area contributed by atoms with Crippen LogP contribution in [-0.2, 0) is 22.4 Å². The molecule has 0 aromatic heterocycles. The van der Waals surface area contributed by atoms with Crippen LogP contribution in [0, 0.1) is 26.2 Å². The molecule has 0 radical (unpaired) electrons. The van der Waals surface area contributed by atoms with Crippen LogP contribution in [0.3, 0.4) is 0 Å². The summed E-state index contributed by atoms with van der Waals surface area (Å²) in [5, 5.41) is 13.0. The number of hydrogen-bond donors (Lipinski definition) is 1. The molecule has 1 heterocycles. The second-order valence-corrected chi connectivity index (χ2v) is 19.1. The van der Waals surface area contributed by atoms with Crippen LogP contribution < -0.4 is 5.19 Å². The van der Waals surface area contributed by atoms with Crippen LogP contribution in [0.4, 0.5) is 0 Å². The zero-order valence-electron chi connectivity index (χ0n) is 22.9. The van der Waals surface area contributed by atoms with Gasteiger partial charge in [-0.25, -0.2) is 0 Å². The van der Waals surface area contributed by atoms with Crippen molar-refractivity contribution in [1.82, 2.24) is 4.90 Å². The van der Waals surface area contributed by atoms with Gasteiger partial charge in [-0.05, 0) is 72.8 Å². The third-order valence-corrected chi connectivity index (χ3v) is 14.8. The zero-order chi connectivity index (χ0) is 25.1. The fourth-order valence-electron chi connectivity index (χ4n) is 7.15. The summed E-state index contributed by atoms with van der Waals surface area (Å²) in [6.45, 7) is 16.3. The molecule has 0 amide bonds. The number of likely N-dealkylation sites (tertiary alicyclic amines) is 1. The van der Waals surface area contributed by atoms with Crippen molar-refractivity contribution < 1.29 is 22.1 Å². The number of allylic oxidation sites excluding steroid dienone is 3. The molecule has 0 bridgehead atoms. The van der Waals surface area contributed by atoms with Crippen LogP contribution in [-0.4, -0.2) is 37.2 Å². The molecule has 0 spiro atoms. The molecule has 4 atom stereocenters. The van der Waals surface area contributed by atoms with E-state index in [0.717, 1.165) is 5.56 Å². The molecule has 3 aliphatic rings. The van der Waals surface area contributed by atoms with Gasteiger partial charge >= 0.3 is 35.6 Å².